The van der Waals surface area contributed by atoms with Crippen LogP contribution in [0.3, 0.4) is 0 Å². The summed E-state index contributed by atoms with van der Waals surface area (Å²) in [7, 11) is 2.03. The van der Waals surface area contributed by atoms with Crippen molar-refractivity contribution in [2.75, 3.05) is 18.6 Å². The van der Waals surface area contributed by atoms with Crippen LogP contribution in [0.25, 0.3) is 16.7 Å². The summed E-state index contributed by atoms with van der Waals surface area (Å²) in [4.78, 5) is 11.0. The lowest BCUT2D eigenvalue weighted by atomic mass is 10.2. The Bertz CT molecular complexity index is 1030. The lowest BCUT2D eigenvalue weighted by molar-refractivity contribution is 0.340. The van der Waals surface area contributed by atoms with E-state index in [1.807, 2.05) is 67.3 Å². The van der Waals surface area contributed by atoms with Crippen molar-refractivity contribution in [3.63, 3.8) is 0 Å². The zero-order valence-corrected chi connectivity index (χ0v) is 15.4. The summed E-state index contributed by atoms with van der Waals surface area (Å²) in [5, 5.41) is 5.44. The minimum atomic E-state index is 0.670. The number of hydrogen-bond acceptors (Lipinski definition) is 5. The number of para-hydroxylation sites is 1. The summed E-state index contributed by atoms with van der Waals surface area (Å²) < 4.78 is 7.35. The fourth-order valence-corrected chi connectivity index (χ4v) is 3.10. The van der Waals surface area contributed by atoms with Crippen LogP contribution in [0.4, 0.5) is 5.82 Å². The van der Waals surface area contributed by atoms with Crippen molar-refractivity contribution < 1.29 is 4.74 Å². The van der Waals surface area contributed by atoms with Gasteiger partial charge in [0.25, 0.3) is 0 Å². The zero-order valence-electron chi connectivity index (χ0n) is 15.4. The smallest absolute Gasteiger partial charge is 0.168 e. The Morgan fingerprint density at radius 1 is 1.00 bits per heavy atom. The van der Waals surface area contributed by atoms with E-state index in [4.69, 9.17) is 4.74 Å². The monoisotopic (exact) mass is 359 g/mol. The first kappa shape index (κ1) is 17.0. The van der Waals surface area contributed by atoms with E-state index < -0.39 is 0 Å². The first-order valence-corrected chi connectivity index (χ1v) is 8.93. The van der Waals surface area contributed by atoms with Gasteiger partial charge in [-0.3, -0.25) is 0 Å². The molecule has 0 saturated carbocycles. The number of nitrogens with zero attached hydrogens (tertiary/aromatic N) is 5. The van der Waals surface area contributed by atoms with Gasteiger partial charge in [0.15, 0.2) is 5.65 Å². The summed E-state index contributed by atoms with van der Waals surface area (Å²) in [6, 6.07) is 18.1. The molecule has 0 N–H and O–H groups in total. The quantitative estimate of drug-likeness (QED) is 0.523. The predicted molar refractivity (Wildman–Crippen MR) is 106 cm³/mol. The van der Waals surface area contributed by atoms with Crippen molar-refractivity contribution in [2.45, 2.75) is 13.5 Å². The van der Waals surface area contributed by atoms with Gasteiger partial charge >= 0.3 is 0 Å². The Balaban J connectivity index is 1.62. The van der Waals surface area contributed by atoms with Crippen LogP contribution in [0.1, 0.15) is 12.5 Å². The van der Waals surface area contributed by atoms with E-state index in [-0.39, 0.29) is 0 Å². The van der Waals surface area contributed by atoms with Gasteiger partial charge in [0.2, 0.25) is 0 Å². The summed E-state index contributed by atoms with van der Waals surface area (Å²) in [5.74, 6) is 1.74. The first-order chi connectivity index (χ1) is 13.3. The molecule has 6 heteroatoms. The van der Waals surface area contributed by atoms with Gasteiger partial charge in [-0.2, -0.15) is 5.10 Å². The second-order valence-electron chi connectivity index (χ2n) is 6.26. The Hall–Kier alpha value is -3.41. The number of fused-ring (bicyclic) bond motifs is 1. The third kappa shape index (κ3) is 3.46. The number of hydrogen-bond donors (Lipinski definition) is 0. The van der Waals surface area contributed by atoms with E-state index in [1.165, 1.54) is 5.56 Å². The minimum Gasteiger partial charge on any atom is -0.494 e. The molecule has 6 nitrogen and oxygen atoms in total. The predicted octanol–water partition coefficient (Wildman–Crippen LogP) is 3.85. The van der Waals surface area contributed by atoms with Gasteiger partial charge in [-0.05, 0) is 36.8 Å². The molecule has 0 aliphatic rings. The van der Waals surface area contributed by atoms with Gasteiger partial charge in [0.1, 0.15) is 17.9 Å². The molecule has 2 heterocycles. The molecule has 0 amide bonds. The average molecular weight is 359 g/mol. The van der Waals surface area contributed by atoms with E-state index in [0.717, 1.165) is 34.8 Å². The summed E-state index contributed by atoms with van der Waals surface area (Å²) in [6.45, 7) is 3.39. The molecule has 0 atom stereocenters. The van der Waals surface area contributed by atoms with E-state index in [0.29, 0.717) is 6.61 Å². The molecule has 0 unspecified atom stereocenters. The van der Waals surface area contributed by atoms with Crippen molar-refractivity contribution in [1.82, 2.24) is 19.7 Å². The van der Waals surface area contributed by atoms with Gasteiger partial charge in [0, 0.05) is 13.6 Å². The van der Waals surface area contributed by atoms with E-state index >= 15 is 0 Å². The number of rotatable bonds is 6. The Labute approximate surface area is 158 Å². The van der Waals surface area contributed by atoms with Crippen molar-refractivity contribution in [2.24, 2.45) is 0 Å². The Morgan fingerprint density at radius 2 is 1.78 bits per heavy atom. The van der Waals surface area contributed by atoms with Crippen LogP contribution in [0.5, 0.6) is 5.75 Å². The van der Waals surface area contributed by atoms with Crippen molar-refractivity contribution in [3.8, 4) is 11.4 Å². The van der Waals surface area contributed by atoms with Crippen molar-refractivity contribution in [3.05, 3.63) is 72.7 Å². The molecule has 0 aliphatic carbocycles. The summed E-state index contributed by atoms with van der Waals surface area (Å²) in [6.07, 6.45) is 3.42. The molecule has 0 spiro atoms. The fraction of sp³-hybridized carbons (Fsp3) is 0.190. The molecule has 0 bridgehead atoms. The minimum absolute atomic E-state index is 0.670. The second-order valence-corrected chi connectivity index (χ2v) is 6.26. The molecule has 0 radical (unpaired) electrons. The largest absolute Gasteiger partial charge is 0.494 e. The molecular formula is C21H21N5O. The van der Waals surface area contributed by atoms with Gasteiger partial charge in [0.05, 0.1) is 23.9 Å². The highest BCUT2D eigenvalue weighted by Gasteiger charge is 2.14. The maximum atomic E-state index is 5.51. The molecule has 0 fully saturated rings. The highest BCUT2D eigenvalue weighted by atomic mass is 16.5. The molecule has 4 aromatic rings. The van der Waals surface area contributed by atoms with E-state index in [9.17, 15) is 0 Å². The van der Waals surface area contributed by atoms with E-state index in [1.54, 1.807) is 6.33 Å². The highest BCUT2D eigenvalue weighted by Crippen LogP contribution is 2.25. The Morgan fingerprint density at radius 3 is 2.52 bits per heavy atom. The molecule has 136 valence electrons. The molecule has 27 heavy (non-hydrogen) atoms. The lowest BCUT2D eigenvalue weighted by Gasteiger charge is -2.19. The topological polar surface area (TPSA) is 56.1 Å². The van der Waals surface area contributed by atoms with Crippen molar-refractivity contribution in [1.29, 1.82) is 0 Å². The van der Waals surface area contributed by atoms with Crippen LogP contribution in [0.15, 0.2) is 67.1 Å². The molecule has 2 aromatic heterocycles. The van der Waals surface area contributed by atoms with Gasteiger partial charge in [-0.25, -0.2) is 14.6 Å². The normalized spacial score (nSPS) is 10.9. The van der Waals surface area contributed by atoms with Crippen LogP contribution < -0.4 is 9.64 Å². The van der Waals surface area contributed by atoms with E-state index in [2.05, 4.69) is 32.1 Å². The third-order valence-electron chi connectivity index (χ3n) is 4.36. The first-order valence-electron chi connectivity index (χ1n) is 8.93. The van der Waals surface area contributed by atoms with Gasteiger partial charge in [-0.1, -0.05) is 30.3 Å². The number of ether oxygens (including phenoxy) is 1. The molecule has 0 saturated heterocycles. The van der Waals surface area contributed by atoms with Crippen LogP contribution in [-0.4, -0.2) is 33.4 Å². The third-order valence-corrected chi connectivity index (χ3v) is 4.36. The van der Waals surface area contributed by atoms with Crippen LogP contribution >= 0.6 is 0 Å². The SMILES string of the molecule is CCOc1ccc(CN(C)c2ncnc3c2cnn3-c2ccccc2)cc1. The Kier molecular flexibility index (Phi) is 4.70. The molecule has 4 rings (SSSR count). The van der Waals surface area contributed by atoms with Crippen molar-refractivity contribution >= 4 is 16.9 Å². The molecular weight excluding hydrogens is 338 g/mol. The zero-order chi connectivity index (χ0) is 18.6. The number of aromatic nitrogens is 4. The van der Waals surface area contributed by atoms with Crippen LogP contribution in [0.2, 0.25) is 0 Å². The van der Waals surface area contributed by atoms with Gasteiger partial charge in [-0.15, -0.1) is 0 Å². The maximum absolute atomic E-state index is 5.51. The van der Waals surface area contributed by atoms with Gasteiger partial charge < -0.3 is 9.64 Å². The summed E-state index contributed by atoms with van der Waals surface area (Å²) >= 11 is 0. The number of anilines is 1. The second kappa shape index (κ2) is 7.45. The molecule has 2 aromatic carbocycles. The highest BCUT2D eigenvalue weighted by molar-refractivity contribution is 5.87. The lowest BCUT2D eigenvalue weighted by Crippen LogP contribution is -2.18. The number of benzene rings is 2. The van der Waals surface area contributed by atoms with Crippen LogP contribution in [0, 0.1) is 0 Å². The molecule has 0 aliphatic heterocycles. The van der Waals surface area contributed by atoms with Crippen LogP contribution in [-0.2, 0) is 6.54 Å². The maximum Gasteiger partial charge on any atom is 0.168 e. The standard InChI is InChI=1S/C21H21N5O/c1-3-27-18-11-9-16(10-12-18)14-25(2)20-19-13-24-26(21(19)23-15-22-20)17-7-5-4-6-8-17/h4-13,15H,3,14H2,1-2H3. The average Bonchev–Trinajstić information content (AvgIpc) is 3.14. The summed E-state index contributed by atoms with van der Waals surface area (Å²) in [5.41, 5.74) is 2.96. The fourth-order valence-electron chi connectivity index (χ4n) is 3.10.